The van der Waals surface area contributed by atoms with E-state index in [1.807, 2.05) is 40.8 Å². The lowest BCUT2D eigenvalue weighted by molar-refractivity contribution is -0.129. The van der Waals surface area contributed by atoms with E-state index >= 15 is 0 Å². The van der Waals surface area contributed by atoms with Crippen molar-refractivity contribution in [1.82, 2.24) is 24.6 Å². The van der Waals surface area contributed by atoms with Gasteiger partial charge in [-0.1, -0.05) is 54.2 Å². The first-order valence-electron chi connectivity index (χ1n) is 11.5. The van der Waals surface area contributed by atoms with Crippen molar-refractivity contribution in [3.05, 3.63) is 89.7 Å². The Balaban J connectivity index is 1.41. The Morgan fingerprint density at radius 1 is 1.09 bits per heavy atom. The number of para-hydroxylation sites is 1. The number of rotatable bonds is 6. The fraction of sp³-hybridized carbons (Fsp3) is 0.259. The van der Waals surface area contributed by atoms with Crippen LogP contribution in [0.3, 0.4) is 0 Å². The second-order valence-corrected chi connectivity index (χ2v) is 9.51. The summed E-state index contributed by atoms with van der Waals surface area (Å²) in [5.74, 6) is 1.10. The van der Waals surface area contributed by atoms with E-state index < -0.39 is 0 Å². The highest BCUT2D eigenvalue weighted by molar-refractivity contribution is 7.99. The van der Waals surface area contributed by atoms with Crippen molar-refractivity contribution in [3.8, 4) is 17.1 Å². The molecule has 2 aromatic carbocycles. The maximum absolute atomic E-state index is 13.3. The van der Waals surface area contributed by atoms with E-state index in [9.17, 15) is 4.79 Å². The van der Waals surface area contributed by atoms with Crippen LogP contribution in [0.1, 0.15) is 35.6 Å². The van der Waals surface area contributed by atoms with Gasteiger partial charge >= 0.3 is 0 Å². The van der Waals surface area contributed by atoms with Crippen LogP contribution in [0, 0.1) is 6.92 Å². The number of hydrogen-bond donors (Lipinski definition) is 0. The molecule has 0 aliphatic heterocycles. The van der Waals surface area contributed by atoms with Crippen molar-refractivity contribution in [2.24, 2.45) is 0 Å². The number of pyridine rings is 1. The summed E-state index contributed by atoms with van der Waals surface area (Å²) in [6.07, 6.45) is 6.70. The Morgan fingerprint density at radius 2 is 1.91 bits per heavy atom. The molecule has 172 valence electrons. The first-order valence-corrected chi connectivity index (χ1v) is 12.5. The Labute approximate surface area is 204 Å². The molecule has 1 atom stereocenters. The summed E-state index contributed by atoms with van der Waals surface area (Å²) in [5, 5.41) is 9.63. The summed E-state index contributed by atoms with van der Waals surface area (Å²) in [4.78, 5) is 19.4. The van der Waals surface area contributed by atoms with Crippen molar-refractivity contribution in [1.29, 1.82) is 0 Å². The van der Waals surface area contributed by atoms with E-state index in [0.717, 1.165) is 36.1 Å². The Morgan fingerprint density at radius 3 is 2.74 bits per heavy atom. The number of hydrogen-bond acceptors (Lipinski definition) is 5. The fourth-order valence-electron chi connectivity index (χ4n) is 4.61. The maximum Gasteiger partial charge on any atom is 0.233 e. The molecule has 0 radical (unpaired) electrons. The summed E-state index contributed by atoms with van der Waals surface area (Å²) < 4.78 is 2.03. The molecule has 1 aliphatic carbocycles. The lowest BCUT2D eigenvalue weighted by Gasteiger charge is -2.33. The SMILES string of the molecule is Cc1ccccc1-n1c(SCC(=O)N(C)C2CCCc3ccccc32)nnc1-c1cccnc1. The van der Waals surface area contributed by atoms with E-state index in [0.29, 0.717) is 16.7 Å². The predicted octanol–water partition coefficient (Wildman–Crippen LogP) is 5.27. The molecule has 6 nitrogen and oxygen atoms in total. The molecule has 34 heavy (non-hydrogen) atoms. The molecule has 1 aliphatic rings. The van der Waals surface area contributed by atoms with E-state index in [1.165, 1.54) is 22.9 Å². The zero-order chi connectivity index (χ0) is 23.5. The summed E-state index contributed by atoms with van der Waals surface area (Å²) in [6, 6.07) is 20.6. The molecule has 4 aromatic rings. The lowest BCUT2D eigenvalue weighted by atomic mass is 9.87. The number of nitrogens with zero attached hydrogens (tertiary/aromatic N) is 5. The van der Waals surface area contributed by atoms with Crippen molar-refractivity contribution < 1.29 is 4.79 Å². The largest absolute Gasteiger partial charge is 0.338 e. The lowest BCUT2D eigenvalue weighted by Crippen LogP contribution is -2.34. The molecule has 0 spiro atoms. The van der Waals surface area contributed by atoms with Crippen LogP contribution in [-0.4, -0.2) is 43.4 Å². The number of benzene rings is 2. The van der Waals surface area contributed by atoms with Gasteiger partial charge in [-0.15, -0.1) is 10.2 Å². The van der Waals surface area contributed by atoms with Crippen molar-refractivity contribution in [2.45, 2.75) is 37.4 Å². The van der Waals surface area contributed by atoms with Gasteiger partial charge in [-0.05, 0) is 61.1 Å². The van der Waals surface area contributed by atoms with Gasteiger partial charge in [-0.3, -0.25) is 14.3 Å². The summed E-state index contributed by atoms with van der Waals surface area (Å²) in [6.45, 7) is 2.07. The van der Waals surface area contributed by atoms with Crippen LogP contribution >= 0.6 is 11.8 Å². The molecule has 0 fully saturated rings. The molecule has 2 heterocycles. The zero-order valence-corrected chi connectivity index (χ0v) is 20.2. The topological polar surface area (TPSA) is 63.9 Å². The van der Waals surface area contributed by atoms with Crippen molar-refractivity contribution >= 4 is 17.7 Å². The smallest absolute Gasteiger partial charge is 0.233 e. The predicted molar refractivity (Wildman–Crippen MR) is 135 cm³/mol. The highest BCUT2D eigenvalue weighted by Crippen LogP contribution is 2.34. The van der Waals surface area contributed by atoms with Crippen LogP contribution < -0.4 is 0 Å². The number of amides is 1. The number of thioether (sulfide) groups is 1. The summed E-state index contributed by atoms with van der Waals surface area (Å²) in [7, 11) is 1.92. The van der Waals surface area contributed by atoms with Crippen LogP contribution in [0.25, 0.3) is 17.1 Å². The van der Waals surface area contributed by atoms with Crippen LogP contribution in [-0.2, 0) is 11.2 Å². The zero-order valence-electron chi connectivity index (χ0n) is 19.4. The minimum Gasteiger partial charge on any atom is -0.338 e. The maximum atomic E-state index is 13.3. The first kappa shape index (κ1) is 22.3. The van der Waals surface area contributed by atoms with Gasteiger partial charge < -0.3 is 4.90 Å². The fourth-order valence-corrected chi connectivity index (χ4v) is 5.48. The third kappa shape index (κ3) is 4.35. The first-order chi connectivity index (χ1) is 16.6. The molecule has 7 heteroatoms. The number of fused-ring (bicyclic) bond motifs is 1. The molecule has 0 saturated carbocycles. The normalized spacial score (nSPS) is 15.1. The van der Waals surface area contributed by atoms with Crippen LogP contribution in [0.4, 0.5) is 0 Å². The molecule has 5 rings (SSSR count). The number of carbonyl (C=O) groups is 1. The average molecular weight is 470 g/mol. The number of aryl methyl sites for hydroxylation is 2. The molecule has 0 N–H and O–H groups in total. The van der Waals surface area contributed by atoms with Gasteiger partial charge in [-0.25, -0.2) is 0 Å². The molecular weight excluding hydrogens is 442 g/mol. The molecule has 0 bridgehead atoms. The highest BCUT2D eigenvalue weighted by Gasteiger charge is 2.27. The van der Waals surface area contributed by atoms with Crippen LogP contribution in [0.15, 0.2) is 78.2 Å². The van der Waals surface area contributed by atoms with Crippen LogP contribution in [0.2, 0.25) is 0 Å². The molecular formula is C27H27N5OS. The molecule has 0 saturated heterocycles. The van der Waals surface area contributed by atoms with E-state index in [2.05, 4.69) is 58.5 Å². The number of carbonyl (C=O) groups excluding carboxylic acids is 1. The van der Waals surface area contributed by atoms with Crippen molar-refractivity contribution in [3.63, 3.8) is 0 Å². The Bertz CT molecular complexity index is 1300. The van der Waals surface area contributed by atoms with E-state index in [1.54, 1.807) is 12.4 Å². The average Bonchev–Trinajstić information content (AvgIpc) is 3.31. The van der Waals surface area contributed by atoms with Gasteiger partial charge in [0.05, 0.1) is 17.5 Å². The van der Waals surface area contributed by atoms with Crippen molar-refractivity contribution in [2.75, 3.05) is 12.8 Å². The number of aromatic nitrogens is 4. The van der Waals surface area contributed by atoms with Gasteiger partial charge in [0.25, 0.3) is 0 Å². The molecule has 1 unspecified atom stereocenters. The van der Waals surface area contributed by atoms with Gasteiger partial charge in [-0.2, -0.15) is 0 Å². The summed E-state index contributed by atoms with van der Waals surface area (Å²) >= 11 is 1.43. The Hall–Kier alpha value is -3.45. The van der Waals surface area contributed by atoms with Crippen LogP contribution in [0.5, 0.6) is 0 Å². The van der Waals surface area contributed by atoms with Gasteiger partial charge in [0.15, 0.2) is 11.0 Å². The minimum absolute atomic E-state index is 0.0916. The third-order valence-electron chi connectivity index (χ3n) is 6.43. The quantitative estimate of drug-likeness (QED) is 0.360. The highest BCUT2D eigenvalue weighted by atomic mass is 32.2. The monoisotopic (exact) mass is 469 g/mol. The molecule has 1 amide bonds. The van der Waals surface area contributed by atoms with Gasteiger partial charge in [0, 0.05) is 25.0 Å². The molecule has 2 aromatic heterocycles. The third-order valence-corrected chi connectivity index (χ3v) is 7.35. The summed E-state index contributed by atoms with van der Waals surface area (Å²) in [5.41, 5.74) is 5.61. The standard InChI is InChI=1S/C27H27N5OS/c1-19-9-3-6-14-23(19)32-26(21-12-8-16-28-17-21)29-30-27(32)34-18-25(33)31(2)24-15-7-11-20-10-4-5-13-22(20)24/h3-6,8-10,12-14,16-17,24H,7,11,15,18H2,1-2H3. The minimum atomic E-state index is 0.0916. The van der Waals surface area contributed by atoms with Gasteiger partial charge in [0.2, 0.25) is 5.91 Å². The van der Waals surface area contributed by atoms with E-state index in [4.69, 9.17) is 0 Å². The Kier molecular flexibility index (Phi) is 6.45. The van der Waals surface area contributed by atoms with Gasteiger partial charge in [0.1, 0.15) is 0 Å². The van der Waals surface area contributed by atoms with E-state index in [-0.39, 0.29) is 11.9 Å². The second-order valence-electron chi connectivity index (χ2n) is 8.57. The second kappa shape index (κ2) is 9.81.